The summed E-state index contributed by atoms with van der Waals surface area (Å²) in [5, 5.41) is 16.0. The highest BCUT2D eigenvalue weighted by Gasteiger charge is 2.48. The van der Waals surface area contributed by atoms with Crippen LogP contribution in [0.3, 0.4) is 0 Å². The lowest BCUT2D eigenvalue weighted by molar-refractivity contribution is -0.160. The lowest BCUT2D eigenvalue weighted by Gasteiger charge is -2.45. The Morgan fingerprint density at radius 1 is 1.13 bits per heavy atom. The largest absolute Gasteiger partial charge is 0.392 e. The number of hydrogen-bond donors (Lipinski definition) is 3. The summed E-state index contributed by atoms with van der Waals surface area (Å²) in [5.41, 5.74) is -0.0641. The minimum atomic E-state index is -1.20. The molecule has 2 aromatic rings. The van der Waals surface area contributed by atoms with Gasteiger partial charge in [0, 0.05) is 38.7 Å². The van der Waals surface area contributed by atoms with E-state index >= 15 is 0 Å². The number of fused-ring (bicyclic) bond motifs is 1. The SMILES string of the molecule is CNC(=O)C1(N(C)C=O)Cc2ccc(NC(=O)CN3C(=O)C(C)(C)C(O)CC3c3cc(F)cc(F)c3)cc2C1. The molecule has 2 aliphatic rings. The smallest absolute Gasteiger partial charge is 0.246 e. The predicted octanol–water partition coefficient (Wildman–Crippen LogP) is 1.94. The second-order valence-electron chi connectivity index (χ2n) is 10.8. The number of halogens is 2. The molecule has 1 aliphatic heterocycles. The zero-order valence-corrected chi connectivity index (χ0v) is 22.3. The minimum Gasteiger partial charge on any atom is -0.392 e. The van der Waals surface area contributed by atoms with Crippen molar-refractivity contribution in [3.05, 3.63) is 64.7 Å². The number of rotatable bonds is 7. The second-order valence-corrected chi connectivity index (χ2v) is 10.8. The van der Waals surface area contributed by atoms with E-state index in [0.29, 0.717) is 24.6 Å². The average Bonchev–Trinajstić information content (AvgIpc) is 3.27. The van der Waals surface area contributed by atoms with Gasteiger partial charge in [-0.15, -0.1) is 0 Å². The topological polar surface area (TPSA) is 119 Å². The van der Waals surface area contributed by atoms with E-state index in [9.17, 15) is 33.1 Å². The first-order chi connectivity index (χ1) is 18.3. The number of piperidine rings is 1. The molecule has 0 bridgehead atoms. The molecule has 2 aromatic carbocycles. The summed E-state index contributed by atoms with van der Waals surface area (Å²) in [6.07, 6.45) is 0.0997. The first kappa shape index (κ1) is 28.2. The van der Waals surface area contributed by atoms with Gasteiger partial charge in [0.25, 0.3) is 0 Å². The first-order valence-electron chi connectivity index (χ1n) is 12.6. The van der Waals surface area contributed by atoms with Crippen molar-refractivity contribution < 1.29 is 33.1 Å². The second kappa shape index (κ2) is 10.4. The van der Waals surface area contributed by atoms with Crippen LogP contribution in [0.1, 0.15) is 43.0 Å². The number of likely N-dealkylation sites (N-methyl/N-ethyl adjacent to an activating group) is 2. The molecular formula is C28H32F2N4O5. The molecule has 1 fully saturated rings. The van der Waals surface area contributed by atoms with Gasteiger partial charge in [0.2, 0.25) is 24.1 Å². The quantitative estimate of drug-likeness (QED) is 0.462. The molecule has 3 atom stereocenters. The van der Waals surface area contributed by atoms with Gasteiger partial charge in [-0.25, -0.2) is 8.78 Å². The van der Waals surface area contributed by atoms with Crippen LogP contribution >= 0.6 is 0 Å². The molecule has 0 radical (unpaired) electrons. The average molecular weight is 543 g/mol. The van der Waals surface area contributed by atoms with E-state index in [4.69, 9.17) is 0 Å². The zero-order chi connectivity index (χ0) is 28.7. The van der Waals surface area contributed by atoms with Crippen molar-refractivity contribution in [2.24, 2.45) is 5.41 Å². The Labute approximate surface area is 225 Å². The number of nitrogens with one attached hydrogen (secondary N) is 2. The summed E-state index contributed by atoms with van der Waals surface area (Å²) in [4.78, 5) is 53.3. The Kier molecular flexibility index (Phi) is 7.48. The molecule has 11 heteroatoms. The third kappa shape index (κ3) is 5.10. The number of amides is 4. The number of aliphatic hydroxyl groups excluding tert-OH is 1. The summed E-state index contributed by atoms with van der Waals surface area (Å²) in [6, 6.07) is 7.15. The number of anilines is 1. The van der Waals surface area contributed by atoms with Crippen molar-refractivity contribution in [3.8, 4) is 0 Å². The molecule has 1 aliphatic carbocycles. The van der Waals surface area contributed by atoms with E-state index in [1.165, 1.54) is 16.8 Å². The number of carbonyl (C=O) groups excluding carboxylic acids is 4. The van der Waals surface area contributed by atoms with Crippen molar-refractivity contribution in [1.82, 2.24) is 15.1 Å². The number of aliphatic hydroxyl groups is 1. The highest BCUT2D eigenvalue weighted by atomic mass is 19.1. The fourth-order valence-electron chi connectivity index (χ4n) is 5.55. The lowest BCUT2D eigenvalue weighted by atomic mass is 9.76. The fraction of sp³-hybridized carbons (Fsp3) is 0.429. The molecule has 3 unspecified atom stereocenters. The number of carbonyl (C=O) groups is 4. The minimum absolute atomic E-state index is 0.000413. The van der Waals surface area contributed by atoms with Crippen LogP contribution in [0, 0.1) is 17.0 Å². The van der Waals surface area contributed by atoms with Gasteiger partial charge >= 0.3 is 0 Å². The number of hydrogen-bond acceptors (Lipinski definition) is 5. The standard InChI is InChI=1S/C28H32F2N4O5/c1-27(2)23(36)11-22(17-7-19(29)10-20(30)8-17)34(26(27)39)14-24(37)32-21-6-5-16-12-28(25(38)31-3,33(4)15-35)13-18(16)9-21/h5-10,15,22-23,36H,11-14H2,1-4H3,(H,31,38)(H,32,37). The first-order valence-corrected chi connectivity index (χ1v) is 12.6. The molecule has 4 amide bonds. The van der Waals surface area contributed by atoms with Crippen molar-refractivity contribution >= 4 is 29.8 Å². The highest BCUT2D eigenvalue weighted by molar-refractivity contribution is 5.96. The Balaban J connectivity index is 1.56. The zero-order valence-electron chi connectivity index (χ0n) is 22.3. The van der Waals surface area contributed by atoms with Crippen LogP contribution in [0.25, 0.3) is 0 Å². The molecule has 1 saturated heterocycles. The van der Waals surface area contributed by atoms with Gasteiger partial charge in [0.05, 0.1) is 17.6 Å². The maximum absolute atomic E-state index is 14.0. The highest BCUT2D eigenvalue weighted by Crippen LogP contribution is 2.41. The van der Waals surface area contributed by atoms with Gasteiger partial charge in [0.1, 0.15) is 23.7 Å². The monoisotopic (exact) mass is 542 g/mol. The van der Waals surface area contributed by atoms with Crippen LogP contribution in [-0.2, 0) is 32.0 Å². The third-order valence-electron chi connectivity index (χ3n) is 7.99. The molecule has 1 heterocycles. The number of nitrogens with zero attached hydrogens (tertiary/aromatic N) is 2. The lowest BCUT2D eigenvalue weighted by Crippen LogP contribution is -2.57. The Hall–Kier alpha value is -3.86. The van der Waals surface area contributed by atoms with Gasteiger partial charge in [-0.1, -0.05) is 6.07 Å². The van der Waals surface area contributed by atoms with Gasteiger partial charge in [-0.05, 0) is 61.2 Å². The summed E-state index contributed by atoms with van der Waals surface area (Å²) in [5.74, 6) is -3.02. The molecule has 208 valence electrons. The van der Waals surface area contributed by atoms with Gasteiger partial charge < -0.3 is 25.5 Å². The van der Waals surface area contributed by atoms with Gasteiger partial charge in [-0.3, -0.25) is 19.2 Å². The van der Waals surface area contributed by atoms with E-state index in [1.54, 1.807) is 39.1 Å². The van der Waals surface area contributed by atoms with Crippen molar-refractivity contribution in [1.29, 1.82) is 0 Å². The molecular weight excluding hydrogens is 510 g/mol. The number of benzene rings is 2. The molecule has 4 rings (SSSR count). The molecule has 0 spiro atoms. The summed E-state index contributed by atoms with van der Waals surface area (Å²) in [6.45, 7) is 2.70. The molecule has 3 N–H and O–H groups in total. The van der Waals surface area contributed by atoms with Crippen molar-refractivity contribution in [2.45, 2.75) is 50.8 Å². The fourth-order valence-corrected chi connectivity index (χ4v) is 5.55. The van der Waals surface area contributed by atoms with E-state index < -0.39 is 53.1 Å². The Bertz CT molecular complexity index is 1310. The summed E-state index contributed by atoms with van der Waals surface area (Å²) < 4.78 is 28.0. The van der Waals surface area contributed by atoms with Crippen LogP contribution in [0.5, 0.6) is 0 Å². The van der Waals surface area contributed by atoms with Crippen molar-refractivity contribution in [3.63, 3.8) is 0 Å². The third-order valence-corrected chi connectivity index (χ3v) is 7.99. The van der Waals surface area contributed by atoms with E-state index in [2.05, 4.69) is 10.6 Å². The maximum atomic E-state index is 14.0. The normalized spacial score (nSPS) is 23.7. The summed E-state index contributed by atoms with van der Waals surface area (Å²) in [7, 11) is 3.05. The molecule has 0 saturated carbocycles. The van der Waals surface area contributed by atoms with Gasteiger partial charge in [-0.2, -0.15) is 0 Å². The van der Waals surface area contributed by atoms with E-state index in [1.807, 2.05) is 0 Å². The van der Waals surface area contributed by atoms with Crippen LogP contribution < -0.4 is 10.6 Å². The molecule has 0 aromatic heterocycles. The van der Waals surface area contributed by atoms with Gasteiger partial charge in [0.15, 0.2) is 0 Å². The number of likely N-dealkylation sites (tertiary alicyclic amines) is 1. The maximum Gasteiger partial charge on any atom is 0.246 e. The van der Waals surface area contributed by atoms with Crippen LogP contribution in [0.15, 0.2) is 36.4 Å². The molecule has 39 heavy (non-hydrogen) atoms. The van der Waals surface area contributed by atoms with E-state index in [0.717, 1.165) is 23.3 Å². The van der Waals surface area contributed by atoms with Crippen molar-refractivity contribution in [2.75, 3.05) is 26.0 Å². The van der Waals surface area contributed by atoms with Crippen LogP contribution in [0.4, 0.5) is 14.5 Å². The Morgan fingerprint density at radius 2 is 1.77 bits per heavy atom. The Morgan fingerprint density at radius 3 is 2.38 bits per heavy atom. The summed E-state index contributed by atoms with van der Waals surface area (Å²) >= 11 is 0. The van der Waals surface area contributed by atoms with Crippen LogP contribution in [-0.4, -0.2) is 71.3 Å². The van der Waals surface area contributed by atoms with Crippen LogP contribution in [0.2, 0.25) is 0 Å². The van der Waals surface area contributed by atoms with E-state index in [-0.39, 0.29) is 24.3 Å². The predicted molar refractivity (Wildman–Crippen MR) is 138 cm³/mol. The molecule has 9 nitrogen and oxygen atoms in total.